The van der Waals surface area contributed by atoms with E-state index in [4.69, 9.17) is 34.8 Å². The van der Waals surface area contributed by atoms with Crippen molar-refractivity contribution < 1.29 is 4.79 Å². The van der Waals surface area contributed by atoms with Gasteiger partial charge in [-0.25, -0.2) is 5.43 Å². The Morgan fingerprint density at radius 2 is 1.88 bits per heavy atom. The second-order valence-corrected chi connectivity index (χ2v) is 6.25. The Bertz CT molecular complexity index is 972. The van der Waals surface area contributed by atoms with Crippen molar-refractivity contribution in [1.82, 2.24) is 25.6 Å². The average Bonchev–Trinajstić information content (AvgIpc) is 3.07. The largest absolute Gasteiger partial charge is 0.271 e. The monoisotopic (exact) mass is 408 g/mol. The molecule has 3 rings (SSSR count). The van der Waals surface area contributed by atoms with E-state index >= 15 is 0 Å². The number of amides is 1. The van der Waals surface area contributed by atoms with E-state index in [-0.39, 0.29) is 6.54 Å². The topological polar surface area (TPSA) is 85.1 Å². The molecule has 0 aliphatic carbocycles. The number of nitrogens with one attached hydrogen (secondary N) is 1. The predicted octanol–water partition coefficient (Wildman–Crippen LogP) is 3.45. The lowest BCUT2D eigenvalue weighted by atomic mass is 10.2. The third-order valence-corrected chi connectivity index (χ3v) is 4.39. The van der Waals surface area contributed by atoms with Crippen LogP contribution in [0.5, 0.6) is 0 Å². The number of nitrogens with zero attached hydrogens (tertiary/aromatic N) is 5. The Morgan fingerprint density at radius 1 is 1.12 bits per heavy atom. The molecule has 2 aromatic carbocycles. The van der Waals surface area contributed by atoms with Crippen LogP contribution in [0.3, 0.4) is 0 Å². The summed E-state index contributed by atoms with van der Waals surface area (Å²) in [6.07, 6.45) is 1.40. The minimum atomic E-state index is -0.428. The van der Waals surface area contributed by atoms with Gasteiger partial charge in [-0.3, -0.25) is 4.79 Å². The molecular formula is C16H11Cl3N6O. The lowest BCUT2D eigenvalue weighted by Gasteiger charge is -2.01. The van der Waals surface area contributed by atoms with E-state index in [1.807, 2.05) is 6.07 Å². The second kappa shape index (κ2) is 8.27. The molecule has 10 heteroatoms. The number of hydrogen-bond donors (Lipinski definition) is 1. The maximum atomic E-state index is 11.9. The van der Waals surface area contributed by atoms with Crippen LogP contribution in [0, 0.1) is 0 Å². The first-order chi connectivity index (χ1) is 12.5. The molecule has 7 nitrogen and oxygen atoms in total. The average molecular weight is 410 g/mol. The summed E-state index contributed by atoms with van der Waals surface area (Å²) >= 11 is 18.0. The van der Waals surface area contributed by atoms with Gasteiger partial charge >= 0.3 is 0 Å². The molecule has 1 heterocycles. The van der Waals surface area contributed by atoms with Gasteiger partial charge in [0.25, 0.3) is 5.91 Å². The lowest BCUT2D eigenvalue weighted by molar-refractivity contribution is -0.122. The molecule has 0 saturated carbocycles. The minimum Gasteiger partial charge on any atom is -0.271 e. The zero-order chi connectivity index (χ0) is 18.5. The summed E-state index contributed by atoms with van der Waals surface area (Å²) in [7, 11) is 0. The van der Waals surface area contributed by atoms with E-state index in [0.29, 0.717) is 32.0 Å². The molecule has 1 aromatic heterocycles. The number of carbonyl (C=O) groups excluding carboxylic acids is 1. The molecule has 3 aromatic rings. The molecular weight excluding hydrogens is 399 g/mol. The molecule has 0 unspecified atom stereocenters. The van der Waals surface area contributed by atoms with Crippen molar-refractivity contribution in [2.75, 3.05) is 0 Å². The zero-order valence-electron chi connectivity index (χ0n) is 13.1. The number of rotatable bonds is 5. The standard InChI is InChI=1S/C16H11Cl3N6O/c17-12-6-2-1-5-11(12)16-22-24-25(23-16)9-14(26)21-20-8-10-4-3-7-13(18)15(10)19/h1-8H,9H2,(H,21,26)/b20-8-. The lowest BCUT2D eigenvalue weighted by Crippen LogP contribution is -2.24. The fraction of sp³-hybridized carbons (Fsp3) is 0.0625. The van der Waals surface area contributed by atoms with Crippen molar-refractivity contribution in [3.8, 4) is 11.4 Å². The van der Waals surface area contributed by atoms with Crippen molar-refractivity contribution in [3.63, 3.8) is 0 Å². The Kier molecular flexibility index (Phi) is 5.82. The molecule has 26 heavy (non-hydrogen) atoms. The van der Waals surface area contributed by atoms with Gasteiger partial charge in [0.1, 0.15) is 6.54 Å². The first-order valence-electron chi connectivity index (χ1n) is 7.33. The predicted molar refractivity (Wildman–Crippen MR) is 100 cm³/mol. The number of benzene rings is 2. The summed E-state index contributed by atoms with van der Waals surface area (Å²) in [5.41, 5.74) is 3.58. The van der Waals surface area contributed by atoms with Gasteiger partial charge < -0.3 is 0 Å². The third kappa shape index (κ3) is 4.37. The summed E-state index contributed by atoms with van der Waals surface area (Å²) in [5, 5.41) is 17.0. The number of halogens is 3. The van der Waals surface area contributed by atoms with Crippen molar-refractivity contribution >= 4 is 46.9 Å². The molecule has 0 aliphatic heterocycles. The van der Waals surface area contributed by atoms with Crippen molar-refractivity contribution in [1.29, 1.82) is 0 Å². The van der Waals surface area contributed by atoms with E-state index in [1.165, 1.54) is 6.21 Å². The third-order valence-electron chi connectivity index (χ3n) is 3.23. The van der Waals surface area contributed by atoms with Crippen LogP contribution in [0.15, 0.2) is 47.6 Å². The van der Waals surface area contributed by atoms with Gasteiger partial charge in [-0.2, -0.15) is 9.90 Å². The first kappa shape index (κ1) is 18.3. The summed E-state index contributed by atoms with van der Waals surface area (Å²) in [6, 6.07) is 12.2. The van der Waals surface area contributed by atoms with Crippen LogP contribution in [-0.2, 0) is 11.3 Å². The van der Waals surface area contributed by atoms with Gasteiger partial charge in [0, 0.05) is 11.1 Å². The van der Waals surface area contributed by atoms with Crippen LogP contribution in [0.4, 0.5) is 0 Å². The van der Waals surface area contributed by atoms with E-state index in [2.05, 4.69) is 25.9 Å². The van der Waals surface area contributed by atoms with Gasteiger partial charge in [0.05, 0.1) is 21.3 Å². The van der Waals surface area contributed by atoms with Gasteiger partial charge in [-0.15, -0.1) is 10.2 Å². The Labute approximate surface area is 163 Å². The maximum Gasteiger partial charge on any atom is 0.263 e. The van der Waals surface area contributed by atoms with E-state index in [0.717, 1.165) is 4.80 Å². The SMILES string of the molecule is O=C(Cn1nnc(-c2ccccc2Cl)n1)N/N=C\c1cccc(Cl)c1Cl. The van der Waals surface area contributed by atoms with Gasteiger partial charge in [0.15, 0.2) is 0 Å². The van der Waals surface area contributed by atoms with Crippen LogP contribution in [0.2, 0.25) is 15.1 Å². The first-order valence-corrected chi connectivity index (χ1v) is 8.46. The zero-order valence-corrected chi connectivity index (χ0v) is 15.4. The molecule has 0 fully saturated rings. The van der Waals surface area contributed by atoms with Crippen LogP contribution >= 0.6 is 34.8 Å². The van der Waals surface area contributed by atoms with Crippen molar-refractivity contribution in [3.05, 3.63) is 63.1 Å². The number of carbonyl (C=O) groups is 1. The van der Waals surface area contributed by atoms with Crippen LogP contribution in [0.25, 0.3) is 11.4 Å². The molecule has 0 saturated heterocycles. The summed E-state index contributed by atoms with van der Waals surface area (Å²) < 4.78 is 0. The Balaban J connectivity index is 1.61. The Hall–Kier alpha value is -2.48. The van der Waals surface area contributed by atoms with Crippen molar-refractivity contribution in [2.45, 2.75) is 6.54 Å². The smallest absolute Gasteiger partial charge is 0.263 e. The molecule has 0 atom stereocenters. The molecule has 1 amide bonds. The van der Waals surface area contributed by atoms with Gasteiger partial charge in [-0.1, -0.05) is 59.1 Å². The van der Waals surface area contributed by atoms with E-state index < -0.39 is 5.91 Å². The molecule has 0 aliphatic rings. The van der Waals surface area contributed by atoms with Crippen molar-refractivity contribution in [2.24, 2.45) is 5.10 Å². The fourth-order valence-corrected chi connectivity index (χ4v) is 2.60. The van der Waals surface area contributed by atoms with E-state index in [9.17, 15) is 4.79 Å². The number of hydrazone groups is 1. The van der Waals surface area contributed by atoms with Gasteiger partial charge in [-0.05, 0) is 23.4 Å². The van der Waals surface area contributed by atoms with Crippen LogP contribution in [-0.4, -0.2) is 32.3 Å². The fourth-order valence-electron chi connectivity index (χ4n) is 2.02. The highest BCUT2D eigenvalue weighted by molar-refractivity contribution is 6.43. The minimum absolute atomic E-state index is 0.155. The molecule has 0 radical (unpaired) electrons. The highest BCUT2D eigenvalue weighted by Gasteiger charge is 2.11. The van der Waals surface area contributed by atoms with Gasteiger partial charge in [0.2, 0.25) is 5.82 Å². The number of hydrogen-bond acceptors (Lipinski definition) is 5. The summed E-state index contributed by atoms with van der Waals surface area (Å²) in [5.74, 6) is -0.0971. The molecule has 132 valence electrons. The normalized spacial score (nSPS) is 11.0. The van der Waals surface area contributed by atoms with E-state index in [1.54, 1.807) is 36.4 Å². The summed E-state index contributed by atoms with van der Waals surface area (Å²) in [6.45, 7) is -0.155. The second-order valence-electron chi connectivity index (χ2n) is 5.06. The highest BCUT2D eigenvalue weighted by Crippen LogP contribution is 2.24. The number of tetrazole rings is 1. The summed E-state index contributed by atoms with van der Waals surface area (Å²) in [4.78, 5) is 13.1. The molecule has 1 N–H and O–H groups in total. The highest BCUT2D eigenvalue weighted by atomic mass is 35.5. The molecule has 0 spiro atoms. The number of aromatic nitrogens is 4. The maximum absolute atomic E-state index is 11.9. The van der Waals surface area contributed by atoms with Crippen LogP contribution in [0.1, 0.15) is 5.56 Å². The molecule has 0 bridgehead atoms. The van der Waals surface area contributed by atoms with Crippen LogP contribution < -0.4 is 5.43 Å². The quantitative estimate of drug-likeness (QED) is 0.516. The Morgan fingerprint density at radius 3 is 2.69 bits per heavy atom.